The molecular weight excluding hydrogens is 170 g/mol. The molecule has 0 bridgehead atoms. The number of nitrogens with one attached hydrogen (secondary N) is 1. The number of nitrogens with two attached hydrogens (primary N) is 1. The Morgan fingerprint density at radius 3 is 3.00 bits per heavy atom. The number of hydrogen-bond acceptors (Lipinski definition) is 5. The number of tetrazole rings is 1. The maximum absolute atomic E-state index is 5.80. The molecule has 0 aliphatic rings. The Balaban J connectivity index is 2.28. The van der Waals surface area contributed by atoms with Crippen molar-refractivity contribution in [2.24, 2.45) is 12.8 Å². The molecule has 13 heavy (non-hydrogen) atoms. The third-order valence-electron chi connectivity index (χ3n) is 1.62. The number of aromatic amines is 1. The summed E-state index contributed by atoms with van der Waals surface area (Å²) in [7, 11) is 1.69. The average molecular weight is 179 g/mol. The van der Waals surface area contributed by atoms with Crippen LogP contribution in [0.1, 0.15) is 17.7 Å². The Labute approximate surface area is 74.0 Å². The van der Waals surface area contributed by atoms with Gasteiger partial charge in [-0.05, 0) is 5.21 Å². The fraction of sp³-hybridized carbons (Fsp3) is 0.333. The van der Waals surface area contributed by atoms with Crippen LogP contribution in [0.2, 0.25) is 0 Å². The van der Waals surface area contributed by atoms with Crippen molar-refractivity contribution in [3.05, 3.63) is 24.0 Å². The van der Waals surface area contributed by atoms with Gasteiger partial charge in [-0.1, -0.05) is 0 Å². The number of aryl methyl sites for hydroxylation is 1. The number of hydrogen-bond donors (Lipinski definition) is 2. The summed E-state index contributed by atoms with van der Waals surface area (Å²) in [6.07, 6.45) is 3.33. The molecule has 0 amide bonds. The second kappa shape index (κ2) is 2.94. The van der Waals surface area contributed by atoms with Crippen molar-refractivity contribution in [3.63, 3.8) is 0 Å². The molecule has 0 spiro atoms. The zero-order chi connectivity index (χ0) is 9.26. The molecule has 2 heterocycles. The predicted octanol–water partition coefficient (Wildman–Crippen LogP) is -1.02. The molecule has 0 saturated carbocycles. The largest absolute Gasteiger partial charge is 0.347 e. The van der Waals surface area contributed by atoms with Crippen LogP contribution < -0.4 is 5.73 Å². The van der Waals surface area contributed by atoms with Crippen molar-refractivity contribution in [2.75, 3.05) is 0 Å². The van der Waals surface area contributed by atoms with Gasteiger partial charge in [0.1, 0.15) is 11.9 Å². The highest BCUT2D eigenvalue weighted by molar-refractivity contribution is 5.05. The van der Waals surface area contributed by atoms with Gasteiger partial charge < -0.3 is 10.7 Å². The summed E-state index contributed by atoms with van der Waals surface area (Å²) < 4.78 is 0. The average Bonchev–Trinajstić information content (AvgIpc) is 2.72. The van der Waals surface area contributed by atoms with E-state index in [0.29, 0.717) is 11.6 Å². The second-order valence-electron chi connectivity index (χ2n) is 2.59. The van der Waals surface area contributed by atoms with Gasteiger partial charge in [0.15, 0.2) is 5.82 Å². The lowest BCUT2D eigenvalue weighted by Gasteiger charge is -2.01. The first-order valence-corrected chi connectivity index (χ1v) is 3.76. The summed E-state index contributed by atoms with van der Waals surface area (Å²) in [4.78, 5) is 8.25. The van der Waals surface area contributed by atoms with E-state index in [1.165, 1.54) is 4.80 Å². The molecule has 0 radical (unpaired) electrons. The number of nitrogens with zero attached hydrogens (tertiary/aromatic N) is 5. The molecule has 3 N–H and O–H groups in total. The van der Waals surface area contributed by atoms with Gasteiger partial charge in [-0.25, -0.2) is 4.98 Å². The molecular formula is C6H9N7. The van der Waals surface area contributed by atoms with Gasteiger partial charge in [-0.15, -0.1) is 10.2 Å². The van der Waals surface area contributed by atoms with Gasteiger partial charge in [0.05, 0.1) is 7.05 Å². The summed E-state index contributed by atoms with van der Waals surface area (Å²) in [6.45, 7) is 0. The van der Waals surface area contributed by atoms with E-state index in [9.17, 15) is 0 Å². The first-order valence-electron chi connectivity index (χ1n) is 3.76. The molecule has 0 saturated heterocycles. The van der Waals surface area contributed by atoms with Crippen molar-refractivity contribution in [2.45, 2.75) is 6.04 Å². The first-order chi connectivity index (χ1) is 6.27. The molecule has 7 nitrogen and oxygen atoms in total. The Morgan fingerprint density at radius 1 is 1.62 bits per heavy atom. The number of H-pyrrole nitrogens is 1. The molecule has 68 valence electrons. The van der Waals surface area contributed by atoms with E-state index in [-0.39, 0.29) is 0 Å². The van der Waals surface area contributed by atoms with E-state index < -0.39 is 6.04 Å². The van der Waals surface area contributed by atoms with Crippen LogP contribution in [0.25, 0.3) is 0 Å². The van der Waals surface area contributed by atoms with Crippen LogP contribution in [0.3, 0.4) is 0 Å². The monoisotopic (exact) mass is 179 g/mol. The van der Waals surface area contributed by atoms with Crippen molar-refractivity contribution in [1.82, 2.24) is 30.2 Å². The predicted molar refractivity (Wildman–Crippen MR) is 43.4 cm³/mol. The molecule has 1 unspecified atom stereocenters. The van der Waals surface area contributed by atoms with Gasteiger partial charge in [-0.2, -0.15) is 4.80 Å². The third-order valence-corrected chi connectivity index (χ3v) is 1.62. The molecule has 2 aromatic rings. The summed E-state index contributed by atoms with van der Waals surface area (Å²) in [6, 6.07) is -0.441. The molecule has 0 aliphatic heterocycles. The van der Waals surface area contributed by atoms with Gasteiger partial charge in [-0.3, -0.25) is 0 Å². The smallest absolute Gasteiger partial charge is 0.199 e. The lowest BCUT2D eigenvalue weighted by atomic mass is 10.3. The molecule has 0 aliphatic carbocycles. The minimum atomic E-state index is -0.441. The molecule has 2 rings (SSSR count). The van der Waals surface area contributed by atoms with Crippen LogP contribution in [-0.2, 0) is 7.05 Å². The van der Waals surface area contributed by atoms with Gasteiger partial charge in [0.2, 0.25) is 0 Å². The fourth-order valence-electron chi connectivity index (χ4n) is 0.993. The summed E-state index contributed by atoms with van der Waals surface area (Å²) >= 11 is 0. The molecule has 0 aromatic carbocycles. The Hall–Kier alpha value is -1.76. The maximum atomic E-state index is 5.80. The van der Waals surface area contributed by atoms with Crippen molar-refractivity contribution < 1.29 is 0 Å². The lowest BCUT2D eigenvalue weighted by molar-refractivity contribution is 0.624. The lowest BCUT2D eigenvalue weighted by Crippen LogP contribution is -2.15. The number of imidazole rings is 1. The Bertz CT molecular complexity index is 375. The summed E-state index contributed by atoms with van der Waals surface area (Å²) in [5.41, 5.74) is 5.80. The minimum Gasteiger partial charge on any atom is -0.347 e. The van der Waals surface area contributed by atoms with E-state index in [2.05, 4.69) is 25.4 Å². The zero-order valence-corrected chi connectivity index (χ0v) is 7.05. The fourth-order valence-corrected chi connectivity index (χ4v) is 0.993. The quantitative estimate of drug-likeness (QED) is 0.615. The van der Waals surface area contributed by atoms with E-state index in [4.69, 9.17) is 5.73 Å². The topological polar surface area (TPSA) is 98.3 Å². The third kappa shape index (κ3) is 1.41. The van der Waals surface area contributed by atoms with Gasteiger partial charge in [0.25, 0.3) is 0 Å². The highest BCUT2D eigenvalue weighted by Gasteiger charge is 2.15. The maximum Gasteiger partial charge on any atom is 0.199 e. The van der Waals surface area contributed by atoms with Crippen LogP contribution in [0, 0.1) is 0 Å². The highest BCUT2D eigenvalue weighted by atomic mass is 15.6. The van der Waals surface area contributed by atoms with E-state index in [1.807, 2.05) is 0 Å². The van der Waals surface area contributed by atoms with Crippen LogP contribution in [0.4, 0.5) is 0 Å². The van der Waals surface area contributed by atoms with E-state index in [0.717, 1.165) is 0 Å². The van der Waals surface area contributed by atoms with E-state index >= 15 is 0 Å². The SMILES string of the molecule is Cn1nnc(C(N)c2ncc[nH]2)n1. The van der Waals surface area contributed by atoms with E-state index in [1.54, 1.807) is 19.4 Å². The van der Waals surface area contributed by atoms with Crippen molar-refractivity contribution >= 4 is 0 Å². The normalized spacial score (nSPS) is 13.1. The van der Waals surface area contributed by atoms with Crippen LogP contribution >= 0.6 is 0 Å². The standard InChI is InChI=1S/C6H9N7/c1-13-11-6(10-12-13)4(7)5-8-2-3-9-5/h2-4H,7H2,1H3,(H,8,9). The van der Waals surface area contributed by atoms with Crippen molar-refractivity contribution in [1.29, 1.82) is 0 Å². The van der Waals surface area contributed by atoms with Crippen LogP contribution in [0.5, 0.6) is 0 Å². The Morgan fingerprint density at radius 2 is 2.46 bits per heavy atom. The number of rotatable bonds is 2. The highest BCUT2D eigenvalue weighted by Crippen LogP contribution is 2.08. The molecule has 2 aromatic heterocycles. The second-order valence-corrected chi connectivity index (χ2v) is 2.59. The Kier molecular flexibility index (Phi) is 1.78. The summed E-state index contributed by atoms with van der Waals surface area (Å²) in [5, 5.41) is 11.4. The van der Waals surface area contributed by atoms with Crippen LogP contribution in [0.15, 0.2) is 12.4 Å². The van der Waals surface area contributed by atoms with Gasteiger partial charge >= 0.3 is 0 Å². The first kappa shape index (κ1) is 7.87. The minimum absolute atomic E-state index is 0.441. The summed E-state index contributed by atoms with van der Waals surface area (Å²) in [5.74, 6) is 1.09. The molecule has 7 heteroatoms. The molecule has 0 fully saturated rings. The van der Waals surface area contributed by atoms with Crippen molar-refractivity contribution in [3.8, 4) is 0 Å². The molecule has 1 atom stereocenters. The zero-order valence-electron chi connectivity index (χ0n) is 7.05. The van der Waals surface area contributed by atoms with Crippen LogP contribution in [-0.4, -0.2) is 30.2 Å². The van der Waals surface area contributed by atoms with Gasteiger partial charge in [0, 0.05) is 12.4 Å². The number of aromatic nitrogens is 6.